The molecule has 2 aromatic rings. The van der Waals surface area contributed by atoms with Crippen LogP contribution in [0.5, 0.6) is 0 Å². The fourth-order valence-electron chi connectivity index (χ4n) is 3.10. The van der Waals surface area contributed by atoms with Crippen molar-refractivity contribution >= 4 is 58.2 Å². The van der Waals surface area contributed by atoms with Crippen LogP contribution < -0.4 is 5.32 Å². The third-order valence-electron chi connectivity index (χ3n) is 4.38. The quantitative estimate of drug-likeness (QED) is 0.545. The number of fused-ring (bicyclic) bond motifs is 1. The lowest BCUT2D eigenvalue weighted by Gasteiger charge is -2.49. The van der Waals surface area contributed by atoms with Crippen LogP contribution in [-0.4, -0.2) is 49.2 Å². The molecule has 0 aliphatic carbocycles. The standard InChI is InChI=1S/C17H13FN4O3S3/c18-9-3-1-8(2-4-9)5-11(23)20-12-15(24)22-13(17(25)26)10(6-27-16(12)22)14-21-19-7-28-14/h1-4,7,12,16H,5-6H2,(H,20,23)(H,25,26)/t12-,16-/m1/s1. The van der Waals surface area contributed by atoms with Crippen LogP contribution in [0.4, 0.5) is 4.39 Å². The average molecular weight is 437 g/mol. The predicted octanol–water partition coefficient (Wildman–Crippen LogP) is 1.49. The molecule has 144 valence electrons. The number of carbonyl (C=O) groups excluding carboxylic acids is 3. The number of carbonyl (C=O) groups is 3. The van der Waals surface area contributed by atoms with Gasteiger partial charge in [-0.05, 0) is 17.7 Å². The first-order valence-corrected chi connectivity index (χ1v) is 10.5. The Morgan fingerprint density at radius 2 is 2.07 bits per heavy atom. The zero-order valence-corrected chi connectivity index (χ0v) is 16.7. The summed E-state index contributed by atoms with van der Waals surface area (Å²) >= 11 is 6.64. The molecule has 1 aromatic carbocycles. The number of nitrogens with one attached hydrogen (secondary N) is 1. The third kappa shape index (κ3) is 3.45. The van der Waals surface area contributed by atoms with Crippen molar-refractivity contribution in [2.45, 2.75) is 17.8 Å². The molecule has 0 saturated carbocycles. The molecule has 0 bridgehead atoms. The van der Waals surface area contributed by atoms with E-state index in [-0.39, 0.29) is 35.1 Å². The number of thioether (sulfide) groups is 1. The molecule has 0 radical (unpaired) electrons. The SMILES string of the molecule is O=C(Cc1ccc(F)cc1)N[C@@H]1C(=O)N2C(C(=O)S)=C(c3nncs3)CS[C@H]12. The van der Waals surface area contributed by atoms with Gasteiger partial charge in [0.2, 0.25) is 11.0 Å². The van der Waals surface area contributed by atoms with Crippen molar-refractivity contribution in [2.24, 2.45) is 0 Å². The van der Waals surface area contributed by atoms with E-state index in [2.05, 4.69) is 28.1 Å². The monoisotopic (exact) mass is 436 g/mol. The lowest BCUT2D eigenvalue weighted by molar-refractivity contribution is -0.146. The van der Waals surface area contributed by atoms with Crippen LogP contribution in [0, 0.1) is 5.82 Å². The topological polar surface area (TPSA) is 92.3 Å². The molecule has 1 fully saturated rings. The molecule has 2 amide bonds. The number of nitrogens with zero attached hydrogens (tertiary/aromatic N) is 3. The second-order valence-corrected chi connectivity index (χ2v) is 8.48. The summed E-state index contributed by atoms with van der Waals surface area (Å²) in [6.07, 6.45) is 0.0334. The van der Waals surface area contributed by atoms with E-state index in [0.717, 1.165) is 0 Å². The summed E-state index contributed by atoms with van der Waals surface area (Å²) < 4.78 is 13.0. The van der Waals surface area contributed by atoms with Crippen LogP contribution in [-0.2, 0) is 20.8 Å². The first-order valence-electron chi connectivity index (χ1n) is 8.17. The predicted molar refractivity (Wildman–Crippen MR) is 106 cm³/mol. The van der Waals surface area contributed by atoms with Crippen LogP contribution in [0.25, 0.3) is 5.57 Å². The van der Waals surface area contributed by atoms with Crippen molar-refractivity contribution < 1.29 is 18.8 Å². The summed E-state index contributed by atoms with van der Waals surface area (Å²) in [5, 5.41) is 10.1. The van der Waals surface area contributed by atoms with E-state index in [9.17, 15) is 18.8 Å². The third-order valence-corrected chi connectivity index (χ3v) is 6.63. The zero-order valence-electron chi connectivity index (χ0n) is 14.2. The van der Waals surface area contributed by atoms with Crippen molar-refractivity contribution in [2.75, 3.05) is 5.75 Å². The first kappa shape index (κ1) is 19.1. The molecule has 3 heterocycles. The smallest absolute Gasteiger partial charge is 0.253 e. The molecule has 4 rings (SSSR count). The average Bonchev–Trinajstić information content (AvgIpc) is 3.21. The summed E-state index contributed by atoms with van der Waals surface area (Å²) in [6.45, 7) is 0. The molecule has 2 atom stereocenters. The molecule has 0 unspecified atom stereocenters. The number of rotatable bonds is 5. The molecule has 1 aromatic heterocycles. The van der Waals surface area contributed by atoms with Gasteiger partial charge in [0.05, 0.1) is 6.42 Å². The van der Waals surface area contributed by atoms with Gasteiger partial charge in [0, 0.05) is 11.3 Å². The second-order valence-electron chi connectivity index (χ2n) is 6.13. The van der Waals surface area contributed by atoms with Crippen molar-refractivity contribution in [3.05, 3.63) is 51.9 Å². The summed E-state index contributed by atoms with van der Waals surface area (Å²) in [5.41, 5.74) is 3.00. The van der Waals surface area contributed by atoms with Gasteiger partial charge in [-0.25, -0.2) is 4.39 Å². The normalized spacial score (nSPS) is 21.2. The number of halogens is 1. The Hall–Kier alpha value is -2.24. The Kier molecular flexibility index (Phi) is 5.21. The minimum absolute atomic E-state index is 0.0334. The number of benzene rings is 1. The van der Waals surface area contributed by atoms with Crippen LogP contribution in [0.15, 0.2) is 35.5 Å². The molecule has 1 N–H and O–H groups in total. The van der Waals surface area contributed by atoms with Gasteiger partial charge in [0.1, 0.15) is 33.4 Å². The summed E-state index contributed by atoms with van der Waals surface area (Å²) in [5.74, 6) is -0.642. The van der Waals surface area contributed by atoms with Gasteiger partial charge in [0.25, 0.3) is 5.91 Å². The first-order chi connectivity index (χ1) is 13.5. The van der Waals surface area contributed by atoms with Crippen molar-refractivity contribution in [1.82, 2.24) is 20.4 Å². The maximum atomic E-state index is 13.0. The van der Waals surface area contributed by atoms with Gasteiger partial charge >= 0.3 is 0 Å². The van der Waals surface area contributed by atoms with E-state index >= 15 is 0 Å². The van der Waals surface area contributed by atoms with Crippen molar-refractivity contribution in [3.63, 3.8) is 0 Å². The Morgan fingerprint density at radius 1 is 1.32 bits per heavy atom. The Labute approximate surface area is 172 Å². The largest absolute Gasteiger partial charge is 0.341 e. The molecule has 1 saturated heterocycles. The fourth-order valence-corrected chi connectivity index (χ4v) is 5.38. The fraction of sp³-hybridized carbons (Fsp3) is 0.235. The maximum absolute atomic E-state index is 13.0. The number of β-lactam (4-membered cyclic amide) rings is 1. The highest BCUT2D eigenvalue weighted by atomic mass is 32.2. The van der Waals surface area contributed by atoms with Crippen LogP contribution in [0.1, 0.15) is 10.6 Å². The molecule has 7 nitrogen and oxygen atoms in total. The van der Waals surface area contributed by atoms with E-state index < -0.39 is 11.2 Å². The highest BCUT2D eigenvalue weighted by Crippen LogP contribution is 2.43. The van der Waals surface area contributed by atoms with Crippen LogP contribution in [0.2, 0.25) is 0 Å². The highest BCUT2D eigenvalue weighted by Gasteiger charge is 2.54. The van der Waals surface area contributed by atoms with Gasteiger partial charge in [0.15, 0.2) is 0 Å². The van der Waals surface area contributed by atoms with Gasteiger partial charge < -0.3 is 5.32 Å². The van der Waals surface area contributed by atoms with E-state index in [1.807, 2.05) is 0 Å². The van der Waals surface area contributed by atoms with Gasteiger partial charge in [-0.15, -0.1) is 33.3 Å². The molecule has 11 heteroatoms. The molecule has 2 aliphatic rings. The molecule has 2 aliphatic heterocycles. The lowest BCUT2D eigenvalue weighted by Crippen LogP contribution is -2.70. The minimum Gasteiger partial charge on any atom is -0.341 e. The Bertz CT molecular complexity index is 978. The van der Waals surface area contributed by atoms with Crippen LogP contribution in [0.3, 0.4) is 0 Å². The van der Waals surface area contributed by atoms with E-state index in [1.165, 1.54) is 52.3 Å². The van der Waals surface area contributed by atoms with Gasteiger partial charge in [-0.2, -0.15) is 0 Å². The molecule has 0 spiro atoms. The van der Waals surface area contributed by atoms with Gasteiger partial charge in [-0.3, -0.25) is 19.3 Å². The Balaban J connectivity index is 1.49. The summed E-state index contributed by atoms with van der Waals surface area (Å²) in [4.78, 5) is 38.4. The van der Waals surface area contributed by atoms with Crippen molar-refractivity contribution in [3.8, 4) is 0 Å². The molecular formula is C17H13FN4O3S3. The lowest BCUT2D eigenvalue weighted by atomic mass is 10.0. The number of hydrogen-bond acceptors (Lipinski definition) is 7. The van der Waals surface area contributed by atoms with Gasteiger partial charge in [-0.1, -0.05) is 24.8 Å². The number of amides is 2. The molecule has 28 heavy (non-hydrogen) atoms. The molecular weight excluding hydrogens is 423 g/mol. The van der Waals surface area contributed by atoms with E-state index in [0.29, 0.717) is 21.9 Å². The Morgan fingerprint density at radius 3 is 2.71 bits per heavy atom. The summed E-state index contributed by atoms with van der Waals surface area (Å²) in [6, 6.07) is 4.87. The van der Waals surface area contributed by atoms with E-state index in [4.69, 9.17) is 0 Å². The second kappa shape index (κ2) is 7.64. The zero-order chi connectivity index (χ0) is 19.8. The highest BCUT2D eigenvalue weighted by molar-refractivity contribution is 8.00. The van der Waals surface area contributed by atoms with Crippen molar-refractivity contribution in [1.29, 1.82) is 0 Å². The summed E-state index contributed by atoms with van der Waals surface area (Å²) in [7, 11) is 0. The van der Waals surface area contributed by atoms with E-state index in [1.54, 1.807) is 5.51 Å². The minimum atomic E-state index is -0.725. The maximum Gasteiger partial charge on any atom is 0.253 e. The number of hydrogen-bond donors (Lipinski definition) is 2. The number of aromatic nitrogens is 2. The number of thiol groups is 1. The van der Waals surface area contributed by atoms with Crippen LogP contribution >= 0.6 is 35.7 Å².